The van der Waals surface area contributed by atoms with Crippen molar-refractivity contribution in [2.24, 2.45) is 0 Å². The van der Waals surface area contributed by atoms with Gasteiger partial charge in [0.1, 0.15) is 5.82 Å². The zero-order chi connectivity index (χ0) is 16.9. The van der Waals surface area contributed by atoms with E-state index in [1.165, 1.54) is 23.5 Å². The predicted octanol–water partition coefficient (Wildman–Crippen LogP) is 4.00. The fourth-order valence-electron chi connectivity index (χ4n) is 2.12. The third kappa shape index (κ3) is 3.83. The van der Waals surface area contributed by atoms with E-state index >= 15 is 0 Å². The van der Waals surface area contributed by atoms with Crippen LogP contribution < -0.4 is 5.32 Å². The highest BCUT2D eigenvalue weighted by atomic mass is 32.1. The van der Waals surface area contributed by atoms with Crippen LogP contribution in [0.25, 0.3) is 0 Å². The number of amides is 1. The van der Waals surface area contributed by atoms with Crippen molar-refractivity contribution in [2.45, 2.75) is 6.42 Å². The van der Waals surface area contributed by atoms with E-state index in [1.54, 1.807) is 42.6 Å². The minimum atomic E-state index is -0.276. The first-order valence-electron chi connectivity index (χ1n) is 7.15. The van der Waals surface area contributed by atoms with Crippen LogP contribution in [-0.4, -0.2) is 10.9 Å². The number of hydrogen-bond donors (Lipinski definition) is 1. The summed E-state index contributed by atoms with van der Waals surface area (Å²) in [4.78, 5) is 17.3. The zero-order valence-electron chi connectivity index (χ0n) is 12.5. The third-order valence-electron chi connectivity index (χ3n) is 3.34. The van der Waals surface area contributed by atoms with Crippen LogP contribution in [0.3, 0.4) is 0 Å². The molecule has 0 spiro atoms. The van der Waals surface area contributed by atoms with E-state index < -0.39 is 0 Å². The summed E-state index contributed by atoms with van der Waals surface area (Å²) in [7, 11) is 0. The monoisotopic (exact) mass is 337 g/mol. The van der Waals surface area contributed by atoms with Crippen molar-refractivity contribution in [3.8, 4) is 6.07 Å². The van der Waals surface area contributed by atoms with Crippen LogP contribution in [0, 0.1) is 17.1 Å². The minimum Gasteiger partial charge on any atom is -0.298 e. The Morgan fingerprint density at radius 1 is 1.17 bits per heavy atom. The van der Waals surface area contributed by atoms with E-state index in [2.05, 4.69) is 10.3 Å². The first kappa shape index (κ1) is 15.8. The number of carbonyl (C=O) groups is 1. The molecule has 2 aromatic carbocycles. The molecule has 0 fully saturated rings. The Balaban J connectivity index is 1.65. The molecule has 0 atom stereocenters. The van der Waals surface area contributed by atoms with Crippen LogP contribution in [0.4, 0.5) is 9.52 Å². The highest BCUT2D eigenvalue weighted by Gasteiger charge is 2.09. The second kappa shape index (κ2) is 7.02. The Bertz CT molecular complexity index is 895. The maximum atomic E-state index is 12.9. The molecule has 0 radical (unpaired) electrons. The van der Waals surface area contributed by atoms with Gasteiger partial charge in [0.15, 0.2) is 5.13 Å². The summed E-state index contributed by atoms with van der Waals surface area (Å²) in [6.45, 7) is 0. The number of rotatable bonds is 4. The van der Waals surface area contributed by atoms with Crippen molar-refractivity contribution in [3.05, 3.63) is 82.1 Å². The molecule has 0 saturated carbocycles. The Morgan fingerprint density at radius 3 is 2.54 bits per heavy atom. The van der Waals surface area contributed by atoms with E-state index in [-0.39, 0.29) is 11.7 Å². The van der Waals surface area contributed by atoms with E-state index in [0.717, 1.165) is 10.4 Å². The lowest BCUT2D eigenvalue weighted by Crippen LogP contribution is -2.11. The molecule has 1 N–H and O–H groups in total. The van der Waals surface area contributed by atoms with Gasteiger partial charge in [-0.3, -0.25) is 10.1 Å². The smallest absolute Gasteiger partial charge is 0.257 e. The minimum absolute atomic E-state index is 0.265. The van der Waals surface area contributed by atoms with Crippen LogP contribution in [-0.2, 0) is 6.42 Å². The second-order valence-corrected chi connectivity index (χ2v) is 6.19. The quantitative estimate of drug-likeness (QED) is 0.782. The summed E-state index contributed by atoms with van der Waals surface area (Å²) in [5, 5.41) is 12.0. The fourth-order valence-corrected chi connectivity index (χ4v) is 2.96. The van der Waals surface area contributed by atoms with Crippen LogP contribution in [0.15, 0.2) is 54.7 Å². The van der Waals surface area contributed by atoms with Gasteiger partial charge in [-0.1, -0.05) is 12.1 Å². The van der Waals surface area contributed by atoms with Crippen molar-refractivity contribution in [1.29, 1.82) is 5.26 Å². The molecule has 118 valence electrons. The summed E-state index contributed by atoms with van der Waals surface area (Å²) >= 11 is 1.37. The van der Waals surface area contributed by atoms with Crippen molar-refractivity contribution < 1.29 is 9.18 Å². The Kier molecular flexibility index (Phi) is 4.64. The second-order valence-electron chi connectivity index (χ2n) is 5.08. The molecule has 0 bridgehead atoms. The number of anilines is 1. The van der Waals surface area contributed by atoms with Gasteiger partial charge in [0.05, 0.1) is 11.6 Å². The van der Waals surface area contributed by atoms with Gasteiger partial charge in [-0.25, -0.2) is 9.37 Å². The standard InChI is InChI=1S/C18H12FN3OS/c19-15-7-3-12(4-8-15)9-16-11-21-18(24-16)22-17(23)14-5-1-13(10-20)2-6-14/h1-8,11H,9H2,(H,21,22,23). The van der Waals surface area contributed by atoms with Gasteiger partial charge in [0.2, 0.25) is 0 Å². The molecule has 0 aliphatic heterocycles. The van der Waals surface area contributed by atoms with E-state index in [9.17, 15) is 9.18 Å². The maximum Gasteiger partial charge on any atom is 0.257 e. The van der Waals surface area contributed by atoms with Crippen molar-refractivity contribution in [2.75, 3.05) is 5.32 Å². The molecule has 4 nitrogen and oxygen atoms in total. The predicted molar refractivity (Wildman–Crippen MR) is 90.4 cm³/mol. The van der Waals surface area contributed by atoms with Gasteiger partial charge in [-0.15, -0.1) is 11.3 Å². The molecule has 24 heavy (non-hydrogen) atoms. The number of thiazole rings is 1. The lowest BCUT2D eigenvalue weighted by molar-refractivity contribution is 0.102. The van der Waals surface area contributed by atoms with Crippen molar-refractivity contribution in [1.82, 2.24) is 4.98 Å². The van der Waals surface area contributed by atoms with Gasteiger partial charge in [0.25, 0.3) is 5.91 Å². The summed E-state index contributed by atoms with van der Waals surface area (Å²) in [6, 6.07) is 14.7. The number of nitrogens with zero attached hydrogens (tertiary/aromatic N) is 2. The molecular formula is C18H12FN3OS. The average molecular weight is 337 g/mol. The van der Waals surface area contributed by atoms with Gasteiger partial charge in [0, 0.05) is 23.1 Å². The molecule has 3 aromatic rings. The summed E-state index contributed by atoms with van der Waals surface area (Å²) in [5.74, 6) is -0.541. The van der Waals surface area contributed by atoms with Crippen LogP contribution in [0.5, 0.6) is 0 Å². The molecule has 0 aliphatic carbocycles. The molecule has 1 amide bonds. The highest BCUT2D eigenvalue weighted by Crippen LogP contribution is 2.22. The highest BCUT2D eigenvalue weighted by molar-refractivity contribution is 7.15. The van der Waals surface area contributed by atoms with Gasteiger partial charge in [-0.2, -0.15) is 5.26 Å². The normalized spacial score (nSPS) is 10.2. The first-order valence-corrected chi connectivity index (χ1v) is 7.96. The molecule has 0 unspecified atom stereocenters. The Labute approximate surface area is 142 Å². The Morgan fingerprint density at radius 2 is 1.88 bits per heavy atom. The lowest BCUT2D eigenvalue weighted by atomic mass is 10.1. The number of nitrogens with one attached hydrogen (secondary N) is 1. The molecule has 6 heteroatoms. The fraction of sp³-hybridized carbons (Fsp3) is 0.0556. The van der Waals surface area contributed by atoms with Crippen LogP contribution in [0.1, 0.15) is 26.4 Å². The molecule has 0 aliphatic rings. The largest absolute Gasteiger partial charge is 0.298 e. The summed E-state index contributed by atoms with van der Waals surface area (Å²) < 4.78 is 12.9. The van der Waals surface area contributed by atoms with Crippen molar-refractivity contribution in [3.63, 3.8) is 0 Å². The molecular weight excluding hydrogens is 325 g/mol. The number of aromatic nitrogens is 1. The van der Waals surface area contributed by atoms with Gasteiger partial charge < -0.3 is 0 Å². The van der Waals surface area contributed by atoms with E-state index in [1.807, 2.05) is 6.07 Å². The number of nitriles is 1. The summed E-state index contributed by atoms with van der Waals surface area (Å²) in [5.41, 5.74) is 1.94. The number of hydrogen-bond acceptors (Lipinski definition) is 4. The number of halogens is 1. The van der Waals surface area contributed by atoms with Crippen molar-refractivity contribution >= 4 is 22.4 Å². The lowest BCUT2D eigenvalue weighted by Gasteiger charge is -2.01. The summed E-state index contributed by atoms with van der Waals surface area (Å²) in [6.07, 6.45) is 2.33. The van der Waals surface area contributed by atoms with Crippen LogP contribution in [0.2, 0.25) is 0 Å². The zero-order valence-corrected chi connectivity index (χ0v) is 13.3. The first-order chi connectivity index (χ1) is 11.6. The molecule has 3 rings (SSSR count). The number of benzene rings is 2. The molecule has 1 heterocycles. The number of carbonyl (C=O) groups excluding carboxylic acids is 1. The van der Waals surface area contributed by atoms with Gasteiger partial charge in [-0.05, 0) is 42.0 Å². The third-order valence-corrected chi connectivity index (χ3v) is 4.25. The average Bonchev–Trinajstić information content (AvgIpc) is 3.04. The van der Waals surface area contributed by atoms with E-state index in [4.69, 9.17) is 5.26 Å². The SMILES string of the molecule is N#Cc1ccc(C(=O)Nc2ncc(Cc3ccc(F)cc3)s2)cc1. The maximum absolute atomic E-state index is 12.9. The molecule has 1 aromatic heterocycles. The van der Waals surface area contributed by atoms with Crippen LogP contribution >= 0.6 is 11.3 Å². The van der Waals surface area contributed by atoms with E-state index in [0.29, 0.717) is 22.7 Å². The Hall–Kier alpha value is -3.04. The topological polar surface area (TPSA) is 65.8 Å². The molecule has 0 saturated heterocycles. The van der Waals surface area contributed by atoms with Gasteiger partial charge >= 0.3 is 0 Å².